The minimum atomic E-state index is 0.279. The number of benzene rings is 2. The van der Waals surface area contributed by atoms with E-state index in [-0.39, 0.29) is 6.04 Å². The number of hydrogen-bond acceptors (Lipinski definition) is 1. The molecular weight excluding hydrogens is 254 g/mol. The molecule has 1 N–H and O–H groups in total. The monoisotopic (exact) mass is 281 g/mol. The van der Waals surface area contributed by atoms with Crippen LogP contribution in [-0.4, -0.2) is 6.54 Å². The molecule has 2 rings (SSSR count). The fourth-order valence-electron chi connectivity index (χ4n) is 2.73. The molecule has 0 aromatic heterocycles. The molecule has 0 aliphatic carbocycles. The second-order valence-electron chi connectivity index (χ2n) is 5.88. The zero-order valence-electron chi connectivity index (χ0n) is 13.7. The molecule has 1 heteroatoms. The van der Waals surface area contributed by atoms with Gasteiger partial charge in [-0.3, -0.25) is 0 Å². The second kappa shape index (κ2) is 7.42. The highest BCUT2D eigenvalue weighted by molar-refractivity contribution is 5.36. The number of hydrogen-bond donors (Lipinski definition) is 1. The van der Waals surface area contributed by atoms with Gasteiger partial charge in [-0.15, -0.1) is 0 Å². The van der Waals surface area contributed by atoms with E-state index >= 15 is 0 Å². The summed E-state index contributed by atoms with van der Waals surface area (Å²) in [4.78, 5) is 0. The molecule has 2 unspecified atom stereocenters. The Kier molecular flexibility index (Phi) is 5.58. The van der Waals surface area contributed by atoms with Crippen LogP contribution in [0.2, 0.25) is 0 Å². The van der Waals surface area contributed by atoms with Crippen LogP contribution in [0.3, 0.4) is 0 Å². The molecule has 0 spiro atoms. The Balaban J connectivity index is 2.30. The maximum Gasteiger partial charge on any atom is 0.0576 e. The Morgan fingerprint density at radius 3 is 2.14 bits per heavy atom. The molecule has 0 aliphatic rings. The van der Waals surface area contributed by atoms with Crippen LogP contribution < -0.4 is 5.32 Å². The van der Waals surface area contributed by atoms with Gasteiger partial charge in [0, 0.05) is 0 Å². The third-order valence-electron chi connectivity index (χ3n) is 4.23. The van der Waals surface area contributed by atoms with E-state index in [2.05, 4.69) is 81.5 Å². The van der Waals surface area contributed by atoms with Gasteiger partial charge in [-0.1, -0.05) is 74.9 Å². The van der Waals surface area contributed by atoms with E-state index in [0.717, 1.165) is 6.54 Å². The van der Waals surface area contributed by atoms with Crippen molar-refractivity contribution in [3.63, 3.8) is 0 Å². The molecule has 0 bridgehead atoms. The van der Waals surface area contributed by atoms with E-state index in [1.807, 2.05) is 0 Å². The molecule has 112 valence electrons. The normalized spacial score (nSPS) is 13.9. The maximum absolute atomic E-state index is 3.61. The fraction of sp³-hybridized carbons (Fsp3) is 0.400. The first kappa shape index (κ1) is 15.8. The van der Waals surface area contributed by atoms with Gasteiger partial charge in [-0.2, -0.15) is 0 Å². The lowest BCUT2D eigenvalue weighted by molar-refractivity contribution is 0.629. The summed E-state index contributed by atoms with van der Waals surface area (Å²) in [5.41, 5.74) is 5.43. The molecular formula is C20H27N. The zero-order chi connectivity index (χ0) is 15.2. The Hall–Kier alpha value is -1.60. The molecule has 0 saturated carbocycles. The minimum absolute atomic E-state index is 0.279. The van der Waals surface area contributed by atoms with Crippen molar-refractivity contribution in [2.45, 2.75) is 46.1 Å². The summed E-state index contributed by atoms with van der Waals surface area (Å²) in [5, 5.41) is 3.61. The molecule has 0 heterocycles. The molecule has 21 heavy (non-hydrogen) atoms. The van der Waals surface area contributed by atoms with Gasteiger partial charge in [0.1, 0.15) is 0 Å². The van der Waals surface area contributed by atoms with Crippen molar-refractivity contribution in [3.05, 3.63) is 70.8 Å². The average molecular weight is 281 g/mol. The smallest absolute Gasteiger partial charge is 0.0576 e. The summed E-state index contributed by atoms with van der Waals surface area (Å²) in [6, 6.07) is 18.2. The Labute approximate surface area is 129 Å². The van der Waals surface area contributed by atoms with Gasteiger partial charge < -0.3 is 5.32 Å². The summed E-state index contributed by atoms with van der Waals surface area (Å²) in [6.45, 7) is 9.81. The maximum atomic E-state index is 3.61. The van der Waals surface area contributed by atoms with Gasteiger partial charge in [-0.25, -0.2) is 0 Å². The van der Waals surface area contributed by atoms with Gasteiger partial charge in [-0.05, 0) is 42.5 Å². The largest absolute Gasteiger partial charge is 0.307 e. The highest BCUT2D eigenvalue weighted by Crippen LogP contribution is 2.25. The van der Waals surface area contributed by atoms with Crippen LogP contribution in [0.5, 0.6) is 0 Å². The summed E-state index contributed by atoms with van der Waals surface area (Å²) >= 11 is 0. The SMILES string of the molecule is CCNC(c1ccc(C(C)CC)cc1)c1cccc(C)c1. The first-order valence-corrected chi connectivity index (χ1v) is 8.05. The van der Waals surface area contributed by atoms with Gasteiger partial charge in [0.15, 0.2) is 0 Å². The zero-order valence-corrected chi connectivity index (χ0v) is 13.7. The highest BCUT2D eigenvalue weighted by Gasteiger charge is 2.13. The van der Waals surface area contributed by atoms with Crippen molar-refractivity contribution in [3.8, 4) is 0 Å². The molecule has 0 radical (unpaired) electrons. The topological polar surface area (TPSA) is 12.0 Å². The first-order valence-electron chi connectivity index (χ1n) is 8.05. The number of nitrogens with one attached hydrogen (secondary N) is 1. The summed E-state index contributed by atoms with van der Waals surface area (Å²) < 4.78 is 0. The highest BCUT2D eigenvalue weighted by atomic mass is 14.9. The molecule has 0 amide bonds. The Morgan fingerprint density at radius 2 is 1.57 bits per heavy atom. The summed E-state index contributed by atoms with van der Waals surface area (Å²) in [5.74, 6) is 0.635. The molecule has 2 aromatic rings. The molecule has 0 saturated heterocycles. The van der Waals surface area contributed by atoms with Crippen molar-refractivity contribution in [2.75, 3.05) is 6.54 Å². The van der Waals surface area contributed by atoms with Gasteiger partial charge in [0.05, 0.1) is 6.04 Å². The first-order chi connectivity index (χ1) is 10.2. The van der Waals surface area contributed by atoms with E-state index < -0.39 is 0 Å². The molecule has 0 fully saturated rings. The second-order valence-corrected chi connectivity index (χ2v) is 5.88. The molecule has 1 nitrogen and oxygen atoms in total. The van der Waals surface area contributed by atoms with Gasteiger partial charge in [0.2, 0.25) is 0 Å². The van der Waals surface area contributed by atoms with Crippen LogP contribution in [-0.2, 0) is 0 Å². The number of rotatable bonds is 6. The summed E-state index contributed by atoms with van der Waals surface area (Å²) in [6.07, 6.45) is 1.19. The average Bonchev–Trinajstić information content (AvgIpc) is 2.52. The van der Waals surface area contributed by atoms with Crippen LogP contribution in [0.25, 0.3) is 0 Å². The Morgan fingerprint density at radius 1 is 0.905 bits per heavy atom. The lowest BCUT2D eigenvalue weighted by Crippen LogP contribution is -2.22. The van der Waals surface area contributed by atoms with E-state index in [9.17, 15) is 0 Å². The van der Waals surface area contributed by atoms with Crippen molar-refractivity contribution in [1.29, 1.82) is 0 Å². The third-order valence-corrected chi connectivity index (χ3v) is 4.23. The van der Waals surface area contributed by atoms with Crippen molar-refractivity contribution in [1.82, 2.24) is 5.32 Å². The number of aryl methyl sites for hydroxylation is 1. The summed E-state index contributed by atoms with van der Waals surface area (Å²) in [7, 11) is 0. The molecule has 2 aromatic carbocycles. The molecule has 2 atom stereocenters. The van der Waals surface area contributed by atoms with Crippen LogP contribution in [0.15, 0.2) is 48.5 Å². The van der Waals surface area contributed by atoms with Crippen LogP contribution >= 0.6 is 0 Å². The standard InChI is InChI=1S/C20H27N/c1-5-16(4)17-10-12-18(13-11-17)20(21-6-2)19-9-7-8-15(3)14-19/h7-14,16,20-21H,5-6H2,1-4H3. The predicted molar refractivity (Wildman–Crippen MR) is 91.8 cm³/mol. The predicted octanol–water partition coefficient (Wildman–Crippen LogP) is 5.21. The Bertz CT molecular complexity index is 556. The third kappa shape index (κ3) is 3.95. The van der Waals surface area contributed by atoms with Gasteiger partial charge in [0.25, 0.3) is 0 Å². The van der Waals surface area contributed by atoms with E-state index in [1.54, 1.807) is 0 Å². The lowest BCUT2D eigenvalue weighted by atomic mass is 9.93. The lowest BCUT2D eigenvalue weighted by Gasteiger charge is -2.20. The quantitative estimate of drug-likeness (QED) is 0.766. The van der Waals surface area contributed by atoms with Gasteiger partial charge >= 0.3 is 0 Å². The van der Waals surface area contributed by atoms with Crippen molar-refractivity contribution < 1.29 is 0 Å². The minimum Gasteiger partial charge on any atom is -0.307 e. The van der Waals surface area contributed by atoms with Crippen molar-refractivity contribution in [2.24, 2.45) is 0 Å². The fourth-order valence-corrected chi connectivity index (χ4v) is 2.73. The van der Waals surface area contributed by atoms with Crippen LogP contribution in [0.1, 0.15) is 61.4 Å². The van der Waals surface area contributed by atoms with E-state index in [1.165, 1.54) is 28.7 Å². The van der Waals surface area contributed by atoms with Crippen LogP contribution in [0, 0.1) is 6.92 Å². The van der Waals surface area contributed by atoms with E-state index in [4.69, 9.17) is 0 Å². The van der Waals surface area contributed by atoms with E-state index in [0.29, 0.717) is 5.92 Å². The molecule has 0 aliphatic heterocycles. The van der Waals surface area contributed by atoms with Crippen LogP contribution in [0.4, 0.5) is 0 Å². The van der Waals surface area contributed by atoms with Crippen molar-refractivity contribution >= 4 is 0 Å².